The van der Waals surface area contributed by atoms with Crippen LogP contribution in [-0.4, -0.2) is 42.5 Å². The molecule has 3 aromatic rings. The van der Waals surface area contributed by atoms with E-state index in [2.05, 4.69) is 27.3 Å². The Balaban J connectivity index is 1.31. The normalized spacial score (nSPS) is 15.2. The van der Waals surface area contributed by atoms with E-state index in [0.29, 0.717) is 5.92 Å². The van der Waals surface area contributed by atoms with Gasteiger partial charge in [-0.05, 0) is 81.6 Å². The first kappa shape index (κ1) is 21.3. The smallest absolute Gasteiger partial charge is 0.252 e. The number of pyridine rings is 1. The Bertz CT molecular complexity index is 1050. The third-order valence-corrected chi connectivity index (χ3v) is 6.16. The predicted molar refractivity (Wildman–Crippen MR) is 125 cm³/mol. The van der Waals surface area contributed by atoms with Gasteiger partial charge in [-0.3, -0.25) is 14.7 Å². The minimum Gasteiger partial charge on any atom is -0.497 e. The lowest BCUT2D eigenvalue weighted by Crippen LogP contribution is -2.38. The molecule has 5 heteroatoms. The molecule has 4 rings (SSSR count). The van der Waals surface area contributed by atoms with E-state index in [9.17, 15) is 4.79 Å². The van der Waals surface area contributed by atoms with E-state index in [1.165, 1.54) is 5.56 Å². The second kappa shape index (κ2) is 9.48. The van der Waals surface area contributed by atoms with Gasteiger partial charge in [0.15, 0.2) is 0 Å². The number of amides is 1. The van der Waals surface area contributed by atoms with E-state index >= 15 is 0 Å². The zero-order valence-electron chi connectivity index (χ0n) is 18.6. The van der Waals surface area contributed by atoms with Gasteiger partial charge in [0.05, 0.1) is 18.2 Å². The highest BCUT2D eigenvalue weighted by molar-refractivity contribution is 6.06. The summed E-state index contributed by atoms with van der Waals surface area (Å²) in [6.45, 7) is 7.79. The Hall–Kier alpha value is -2.92. The standard InChI is InChI=1S/C26H31N3O2/c1-18-4-9-25-23(14-18)24(15-19(2)28-25)26(30)27-16-20-10-12-29(13-11-20)17-21-5-7-22(31-3)8-6-21/h4-9,14-15,20H,10-13,16-17H2,1-3H3,(H,27,30). The number of carbonyl (C=O) groups is 1. The molecule has 0 saturated carbocycles. The second-order valence-corrected chi connectivity index (χ2v) is 8.61. The molecular weight excluding hydrogens is 386 g/mol. The summed E-state index contributed by atoms with van der Waals surface area (Å²) in [7, 11) is 1.69. The molecule has 1 aromatic heterocycles. The van der Waals surface area contributed by atoms with Gasteiger partial charge < -0.3 is 10.1 Å². The molecule has 31 heavy (non-hydrogen) atoms. The first-order valence-electron chi connectivity index (χ1n) is 11.0. The van der Waals surface area contributed by atoms with Gasteiger partial charge >= 0.3 is 0 Å². The van der Waals surface area contributed by atoms with Crippen LogP contribution in [0.2, 0.25) is 0 Å². The van der Waals surface area contributed by atoms with Gasteiger partial charge in [0, 0.05) is 24.2 Å². The van der Waals surface area contributed by atoms with Gasteiger partial charge in [0.25, 0.3) is 5.91 Å². The Kier molecular flexibility index (Phi) is 6.52. The summed E-state index contributed by atoms with van der Waals surface area (Å²) in [5, 5.41) is 4.11. The van der Waals surface area contributed by atoms with Gasteiger partial charge in [-0.1, -0.05) is 23.8 Å². The summed E-state index contributed by atoms with van der Waals surface area (Å²) in [6.07, 6.45) is 2.21. The lowest BCUT2D eigenvalue weighted by atomic mass is 9.96. The minimum absolute atomic E-state index is 0.00163. The number of rotatable bonds is 6. The van der Waals surface area contributed by atoms with Gasteiger partial charge in [-0.25, -0.2) is 0 Å². The van der Waals surface area contributed by atoms with Crippen molar-refractivity contribution in [3.05, 3.63) is 70.9 Å². The van der Waals surface area contributed by atoms with E-state index < -0.39 is 0 Å². The highest BCUT2D eigenvalue weighted by Gasteiger charge is 2.21. The Labute approximate surface area is 184 Å². The van der Waals surface area contributed by atoms with E-state index in [0.717, 1.165) is 72.5 Å². The summed E-state index contributed by atoms with van der Waals surface area (Å²) in [6, 6.07) is 16.3. The van der Waals surface area contributed by atoms with Crippen LogP contribution in [0.1, 0.15) is 40.0 Å². The molecule has 0 unspecified atom stereocenters. The fourth-order valence-electron chi connectivity index (χ4n) is 4.33. The molecule has 1 aliphatic rings. The zero-order chi connectivity index (χ0) is 21.8. The lowest BCUT2D eigenvalue weighted by molar-refractivity contribution is 0.0936. The maximum atomic E-state index is 13.0. The third kappa shape index (κ3) is 5.23. The molecule has 2 heterocycles. The van der Waals surface area contributed by atoms with Crippen molar-refractivity contribution >= 4 is 16.8 Å². The molecule has 0 spiro atoms. The van der Waals surface area contributed by atoms with Crippen molar-refractivity contribution in [1.82, 2.24) is 15.2 Å². The Morgan fingerprint density at radius 1 is 1.10 bits per heavy atom. The summed E-state index contributed by atoms with van der Waals surface area (Å²) in [4.78, 5) is 20.0. The summed E-state index contributed by atoms with van der Waals surface area (Å²) >= 11 is 0. The Morgan fingerprint density at radius 3 is 2.55 bits per heavy atom. The number of methoxy groups -OCH3 is 1. The molecule has 1 saturated heterocycles. The highest BCUT2D eigenvalue weighted by atomic mass is 16.5. The molecule has 1 aliphatic heterocycles. The molecule has 0 atom stereocenters. The number of aromatic nitrogens is 1. The van der Waals surface area contributed by atoms with Crippen molar-refractivity contribution in [2.45, 2.75) is 33.2 Å². The molecule has 0 aliphatic carbocycles. The second-order valence-electron chi connectivity index (χ2n) is 8.61. The van der Waals surface area contributed by atoms with Gasteiger partial charge in [-0.15, -0.1) is 0 Å². The molecule has 5 nitrogen and oxygen atoms in total. The number of likely N-dealkylation sites (tertiary alicyclic amines) is 1. The molecule has 2 aromatic carbocycles. The van der Waals surface area contributed by atoms with Crippen LogP contribution < -0.4 is 10.1 Å². The van der Waals surface area contributed by atoms with E-state index in [-0.39, 0.29) is 5.91 Å². The van der Waals surface area contributed by atoms with Crippen molar-refractivity contribution in [2.75, 3.05) is 26.7 Å². The first-order chi connectivity index (χ1) is 15.0. The van der Waals surface area contributed by atoms with Crippen LogP contribution in [-0.2, 0) is 6.54 Å². The topological polar surface area (TPSA) is 54.5 Å². The number of carbonyl (C=O) groups excluding carboxylic acids is 1. The van der Waals surface area contributed by atoms with Crippen LogP contribution in [0.25, 0.3) is 10.9 Å². The number of aryl methyl sites for hydroxylation is 2. The quantitative estimate of drug-likeness (QED) is 0.642. The maximum absolute atomic E-state index is 13.0. The fourth-order valence-corrected chi connectivity index (χ4v) is 4.33. The number of piperidine rings is 1. The zero-order valence-corrected chi connectivity index (χ0v) is 18.6. The SMILES string of the molecule is COc1ccc(CN2CCC(CNC(=O)c3cc(C)nc4ccc(C)cc34)CC2)cc1. The Morgan fingerprint density at radius 2 is 1.84 bits per heavy atom. The fraction of sp³-hybridized carbons (Fsp3) is 0.385. The van der Waals surface area contributed by atoms with Crippen molar-refractivity contribution < 1.29 is 9.53 Å². The average molecular weight is 418 g/mol. The van der Waals surface area contributed by atoms with Crippen LogP contribution in [0.4, 0.5) is 0 Å². The number of fused-ring (bicyclic) bond motifs is 1. The number of nitrogens with zero attached hydrogens (tertiary/aromatic N) is 2. The first-order valence-corrected chi connectivity index (χ1v) is 11.0. The van der Waals surface area contributed by atoms with E-state index in [1.54, 1.807) is 7.11 Å². The van der Waals surface area contributed by atoms with Crippen molar-refractivity contribution in [3.8, 4) is 5.75 Å². The highest BCUT2D eigenvalue weighted by Crippen LogP contribution is 2.22. The van der Waals surface area contributed by atoms with E-state index in [4.69, 9.17) is 4.74 Å². The van der Waals surface area contributed by atoms with Crippen LogP contribution in [0.15, 0.2) is 48.5 Å². The van der Waals surface area contributed by atoms with Crippen molar-refractivity contribution in [1.29, 1.82) is 0 Å². The van der Waals surface area contributed by atoms with Gasteiger partial charge in [0.1, 0.15) is 5.75 Å². The van der Waals surface area contributed by atoms with E-state index in [1.807, 2.05) is 50.2 Å². The number of nitrogens with one attached hydrogen (secondary N) is 1. The predicted octanol–water partition coefficient (Wildman–Crippen LogP) is 4.50. The number of benzene rings is 2. The molecule has 0 radical (unpaired) electrons. The van der Waals surface area contributed by atoms with Crippen LogP contribution in [0.5, 0.6) is 5.75 Å². The average Bonchev–Trinajstić information content (AvgIpc) is 2.78. The molecule has 1 N–H and O–H groups in total. The summed E-state index contributed by atoms with van der Waals surface area (Å²) in [5.74, 6) is 1.42. The largest absolute Gasteiger partial charge is 0.497 e. The summed E-state index contributed by atoms with van der Waals surface area (Å²) in [5.41, 5.74) is 4.92. The molecular formula is C26H31N3O2. The monoisotopic (exact) mass is 417 g/mol. The van der Waals surface area contributed by atoms with Crippen LogP contribution >= 0.6 is 0 Å². The van der Waals surface area contributed by atoms with Gasteiger partial charge in [-0.2, -0.15) is 0 Å². The van der Waals surface area contributed by atoms with Crippen molar-refractivity contribution in [3.63, 3.8) is 0 Å². The minimum atomic E-state index is 0.00163. The molecule has 1 amide bonds. The molecule has 1 fully saturated rings. The molecule has 0 bridgehead atoms. The number of hydrogen-bond acceptors (Lipinski definition) is 4. The third-order valence-electron chi connectivity index (χ3n) is 6.16. The van der Waals surface area contributed by atoms with Crippen LogP contribution in [0, 0.1) is 19.8 Å². The number of hydrogen-bond donors (Lipinski definition) is 1. The lowest BCUT2D eigenvalue weighted by Gasteiger charge is -2.32. The summed E-state index contributed by atoms with van der Waals surface area (Å²) < 4.78 is 5.24. The van der Waals surface area contributed by atoms with Gasteiger partial charge in [0.2, 0.25) is 0 Å². The van der Waals surface area contributed by atoms with Crippen LogP contribution in [0.3, 0.4) is 0 Å². The number of ether oxygens (including phenoxy) is 1. The maximum Gasteiger partial charge on any atom is 0.252 e. The molecule has 162 valence electrons. The van der Waals surface area contributed by atoms with Crippen molar-refractivity contribution in [2.24, 2.45) is 5.92 Å².